The predicted molar refractivity (Wildman–Crippen MR) is 64.7 cm³/mol. The highest BCUT2D eigenvalue weighted by atomic mass is 32.2. The van der Waals surface area contributed by atoms with Crippen molar-refractivity contribution in [1.29, 1.82) is 0 Å². The minimum absolute atomic E-state index is 0.147. The number of benzene rings is 1. The van der Waals surface area contributed by atoms with Gasteiger partial charge in [-0.05, 0) is 25.5 Å². The predicted octanol–water partition coefficient (Wildman–Crippen LogP) is 0.701. The number of hydrogen-bond donors (Lipinski definition) is 2. The number of nitrogens with one attached hydrogen (secondary N) is 1. The summed E-state index contributed by atoms with van der Waals surface area (Å²) < 4.78 is 39.3. The number of halogens is 1. The van der Waals surface area contributed by atoms with Gasteiger partial charge in [-0.2, -0.15) is 4.39 Å². The molecule has 0 spiro atoms. The maximum Gasteiger partial charge on any atom is 0.306 e. The summed E-state index contributed by atoms with van der Waals surface area (Å²) in [6.07, 6.45) is 0. The van der Waals surface area contributed by atoms with Crippen molar-refractivity contribution in [3.05, 3.63) is 33.6 Å². The summed E-state index contributed by atoms with van der Waals surface area (Å²) in [5.41, 5.74) is -1.05. The Balaban J connectivity index is 3.32. The number of aliphatic hydroxyl groups excluding tert-OH is 1. The number of aliphatic hydroxyl groups is 1. The van der Waals surface area contributed by atoms with E-state index in [2.05, 4.69) is 4.72 Å². The maximum absolute atomic E-state index is 13.5. The molecule has 0 saturated carbocycles. The first-order chi connectivity index (χ1) is 8.69. The smallest absolute Gasteiger partial charge is 0.306 e. The minimum Gasteiger partial charge on any atom is -0.395 e. The van der Waals surface area contributed by atoms with Gasteiger partial charge in [0.2, 0.25) is 15.8 Å². The van der Waals surface area contributed by atoms with Crippen LogP contribution in [-0.2, 0) is 10.0 Å². The molecule has 1 atom stereocenters. The van der Waals surface area contributed by atoms with E-state index in [1.807, 2.05) is 0 Å². The lowest BCUT2D eigenvalue weighted by atomic mass is 10.2. The van der Waals surface area contributed by atoms with Crippen LogP contribution in [0, 0.1) is 22.9 Å². The second kappa shape index (κ2) is 5.59. The Bertz CT molecular complexity index is 602. The fourth-order valence-electron chi connectivity index (χ4n) is 1.38. The Kier molecular flexibility index (Phi) is 4.56. The lowest BCUT2D eigenvalue weighted by Gasteiger charge is -2.12. The van der Waals surface area contributed by atoms with Crippen LogP contribution in [-0.4, -0.2) is 31.1 Å². The molecule has 0 aliphatic heterocycles. The Hall–Kier alpha value is -1.58. The molecule has 1 aromatic rings. The van der Waals surface area contributed by atoms with Gasteiger partial charge >= 0.3 is 5.69 Å². The fraction of sp³-hybridized carbons (Fsp3) is 0.400. The second-order valence-electron chi connectivity index (χ2n) is 4.04. The molecule has 0 saturated heterocycles. The molecule has 0 amide bonds. The van der Waals surface area contributed by atoms with Crippen LogP contribution in [0.1, 0.15) is 12.5 Å². The summed E-state index contributed by atoms with van der Waals surface area (Å²) in [4.78, 5) is 9.23. The van der Waals surface area contributed by atoms with Gasteiger partial charge in [-0.3, -0.25) is 10.1 Å². The van der Waals surface area contributed by atoms with Crippen LogP contribution in [0.3, 0.4) is 0 Å². The van der Waals surface area contributed by atoms with E-state index in [0.29, 0.717) is 6.07 Å². The van der Waals surface area contributed by atoms with Crippen molar-refractivity contribution in [3.63, 3.8) is 0 Å². The van der Waals surface area contributed by atoms with Crippen LogP contribution in [0.25, 0.3) is 0 Å². The summed E-state index contributed by atoms with van der Waals surface area (Å²) in [5.74, 6) is -1.07. The number of hydrogen-bond acceptors (Lipinski definition) is 5. The molecule has 7 nitrogen and oxygen atoms in total. The van der Waals surface area contributed by atoms with Crippen LogP contribution >= 0.6 is 0 Å². The van der Waals surface area contributed by atoms with E-state index in [1.54, 1.807) is 0 Å². The molecule has 0 aliphatic rings. The normalized spacial score (nSPS) is 13.3. The Morgan fingerprint density at radius 1 is 1.53 bits per heavy atom. The molecule has 106 valence electrons. The molecule has 9 heteroatoms. The number of rotatable bonds is 5. The zero-order valence-corrected chi connectivity index (χ0v) is 11.1. The molecule has 0 heterocycles. The molecule has 0 bridgehead atoms. The van der Waals surface area contributed by atoms with E-state index < -0.39 is 44.0 Å². The largest absolute Gasteiger partial charge is 0.395 e. The quantitative estimate of drug-likeness (QED) is 0.613. The van der Waals surface area contributed by atoms with Crippen molar-refractivity contribution in [2.45, 2.75) is 24.8 Å². The molecule has 2 N–H and O–H groups in total. The Morgan fingerprint density at radius 2 is 2.11 bits per heavy atom. The summed E-state index contributed by atoms with van der Waals surface area (Å²) >= 11 is 0. The average molecular weight is 292 g/mol. The third-order valence-electron chi connectivity index (χ3n) is 2.35. The van der Waals surface area contributed by atoms with Crippen LogP contribution in [0.2, 0.25) is 0 Å². The average Bonchev–Trinajstić information content (AvgIpc) is 2.31. The summed E-state index contributed by atoms with van der Waals surface area (Å²) in [6.45, 7) is 2.22. The molecule has 19 heavy (non-hydrogen) atoms. The van der Waals surface area contributed by atoms with Crippen LogP contribution in [0.4, 0.5) is 10.1 Å². The zero-order valence-electron chi connectivity index (χ0n) is 10.3. The summed E-state index contributed by atoms with van der Waals surface area (Å²) in [6, 6.07) is 0.887. The van der Waals surface area contributed by atoms with E-state index in [-0.39, 0.29) is 5.56 Å². The number of nitrogens with zero attached hydrogens (tertiary/aromatic N) is 1. The number of nitro groups is 1. The SMILES string of the molecule is Cc1cc(S(=O)(=O)N[C@H](C)CO)cc([N+](=O)[O-])c1F. The molecule has 1 aromatic carbocycles. The lowest BCUT2D eigenvalue weighted by molar-refractivity contribution is -0.387. The van der Waals surface area contributed by atoms with Crippen molar-refractivity contribution < 1.29 is 22.8 Å². The number of aryl methyl sites for hydroxylation is 1. The minimum atomic E-state index is -4.05. The van der Waals surface area contributed by atoms with Gasteiger partial charge in [-0.1, -0.05) is 0 Å². The van der Waals surface area contributed by atoms with Crippen LogP contribution < -0.4 is 4.72 Å². The molecule has 0 aliphatic carbocycles. The highest BCUT2D eigenvalue weighted by molar-refractivity contribution is 7.89. The molecule has 0 fully saturated rings. The molecule has 0 aromatic heterocycles. The summed E-state index contributed by atoms with van der Waals surface area (Å²) in [7, 11) is -4.05. The first-order valence-corrected chi connectivity index (χ1v) is 6.75. The van der Waals surface area contributed by atoms with Crippen molar-refractivity contribution in [2.75, 3.05) is 6.61 Å². The fourth-order valence-corrected chi connectivity index (χ4v) is 2.72. The van der Waals surface area contributed by atoms with Crippen molar-refractivity contribution in [3.8, 4) is 0 Å². The topological polar surface area (TPSA) is 110 Å². The Morgan fingerprint density at radius 3 is 2.58 bits per heavy atom. The van der Waals surface area contributed by atoms with E-state index in [1.165, 1.54) is 13.8 Å². The first-order valence-electron chi connectivity index (χ1n) is 5.26. The second-order valence-corrected chi connectivity index (χ2v) is 5.75. The van der Waals surface area contributed by atoms with Crippen molar-refractivity contribution in [1.82, 2.24) is 4.72 Å². The standard InChI is InChI=1S/C10H13FN2O5S/c1-6-3-8(4-9(10(6)11)13(15)16)19(17,18)12-7(2)5-14/h3-4,7,12,14H,5H2,1-2H3/t7-/m1/s1. The molecular weight excluding hydrogens is 279 g/mol. The molecule has 0 radical (unpaired) electrons. The van der Waals surface area contributed by atoms with Crippen LogP contribution in [0.15, 0.2) is 17.0 Å². The van der Waals surface area contributed by atoms with Crippen molar-refractivity contribution in [2.24, 2.45) is 0 Å². The van der Waals surface area contributed by atoms with Gasteiger partial charge in [-0.15, -0.1) is 0 Å². The first kappa shape index (κ1) is 15.5. The van der Waals surface area contributed by atoms with Crippen molar-refractivity contribution >= 4 is 15.7 Å². The van der Waals surface area contributed by atoms with E-state index in [9.17, 15) is 22.9 Å². The molecular formula is C10H13FN2O5S. The van der Waals surface area contributed by atoms with Gasteiger partial charge in [0.15, 0.2) is 0 Å². The van der Waals surface area contributed by atoms with E-state index in [0.717, 1.165) is 6.07 Å². The third kappa shape index (κ3) is 3.46. The van der Waals surface area contributed by atoms with E-state index in [4.69, 9.17) is 5.11 Å². The zero-order chi connectivity index (χ0) is 14.8. The Labute approximate surface area is 109 Å². The maximum atomic E-state index is 13.5. The number of nitro benzene ring substituents is 1. The van der Waals surface area contributed by atoms with E-state index >= 15 is 0 Å². The van der Waals surface area contributed by atoms with Gasteiger partial charge in [-0.25, -0.2) is 13.1 Å². The molecule has 0 unspecified atom stereocenters. The van der Waals surface area contributed by atoms with Gasteiger partial charge in [0.05, 0.1) is 16.4 Å². The van der Waals surface area contributed by atoms with Gasteiger partial charge in [0, 0.05) is 12.1 Å². The van der Waals surface area contributed by atoms with Gasteiger partial charge in [0.1, 0.15) is 0 Å². The molecule has 1 rings (SSSR count). The van der Waals surface area contributed by atoms with Crippen LogP contribution in [0.5, 0.6) is 0 Å². The van der Waals surface area contributed by atoms with Gasteiger partial charge in [0.25, 0.3) is 0 Å². The van der Waals surface area contributed by atoms with Gasteiger partial charge < -0.3 is 5.11 Å². The lowest BCUT2D eigenvalue weighted by Crippen LogP contribution is -2.35. The highest BCUT2D eigenvalue weighted by Gasteiger charge is 2.24. The third-order valence-corrected chi connectivity index (χ3v) is 3.92. The highest BCUT2D eigenvalue weighted by Crippen LogP contribution is 2.25. The number of sulfonamides is 1. The monoisotopic (exact) mass is 292 g/mol. The summed E-state index contributed by atoms with van der Waals surface area (Å²) in [5, 5.41) is 19.4.